The Hall–Kier alpha value is -0.410. The van der Waals surface area contributed by atoms with Crippen LogP contribution in [0.2, 0.25) is 0 Å². The van der Waals surface area contributed by atoms with Crippen molar-refractivity contribution in [3.63, 3.8) is 0 Å². The van der Waals surface area contributed by atoms with Crippen molar-refractivity contribution in [2.75, 3.05) is 20.8 Å². The van der Waals surface area contributed by atoms with Gasteiger partial charge in [-0.2, -0.15) is 0 Å². The Kier molecular flexibility index (Phi) is 6.43. The van der Waals surface area contributed by atoms with Crippen LogP contribution in [0.25, 0.3) is 0 Å². The summed E-state index contributed by atoms with van der Waals surface area (Å²) < 4.78 is 4.25. The first kappa shape index (κ1) is 9.59. The maximum absolute atomic E-state index is 9.94. The third kappa shape index (κ3) is 4.47. The molecular formula is C7H15NO2. The number of rotatable bonds is 1. The van der Waals surface area contributed by atoms with Crippen LogP contribution in [0, 0.1) is 0 Å². The molecule has 0 aromatic carbocycles. The van der Waals surface area contributed by atoms with Gasteiger partial charge in [-0.05, 0) is 19.4 Å². The van der Waals surface area contributed by atoms with Gasteiger partial charge in [0.15, 0.2) is 0 Å². The van der Waals surface area contributed by atoms with E-state index in [1.54, 1.807) is 14.2 Å². The summed E-state index contributed by atoms with van der Waals surface area (Å²) in [4.78, 5) is 9.94. The lowest BCUT2D eigenvalue weighted by Gasteiger charge is -1.93. The van der Waals surface area contributed by atoms with Crippen LogP contribution in [-0.2, 0) is 9.53 Å². The predicted molar refractivity (Wildman–Crippen MR) is 40.0 cm³/mol. The Labute approximate surface area is 61.8 Å². The minimum Gasteiger partial charge on any atom is -0.388 e. The molecule has 1 aliphatic rings. The van der Waals surface area contributed by atoms with Crippen LogP contribution in [0.15, 0.2) is 0 Å². The average Bonchev–Trinajstić information content (AvgIpc) is 2.39. The zero-order valence-corrected chi connectivity index (χ0v) is 6.59. The first-order valence-electron chi connectivity index (χ1n) is 3.44. The van der Waals surface area contributed by atoms with Crippen LogP contribution in [0.1, 0.15) is 12.8 Å². The number of nitrogens with one attached hydrogen (secondary N) is 1. The number of carbonyl (C=O) groups excluding carboxylic acids is 1. The van der Waals surface area contributed by atoms with E-state index in [4.69, 9.17) is 0 Å². The van der Waals surface area contributed by atoms with Gasteiger partial charge in [-0.1, -0.05) is 0 Å². The van der Waals surface area contributed by atoms with E-state index in [2.05, 4.69) is 10.1 Å². The molecule has 1 N–H and O–H groups in total. The molecule has 3 heteroatoms. The monoisotopic (exact) mass is 145 g/mol. The molecule has 0 aromatic heterocycles. The summed E-state index contributed by atoms with van der Waals surface area (Å²) in [5.41, 5.74) is 0. The molecule has 0 amide bonds. The zero-order chi connectivity index (χ0) is 7.82. The van der Waals surface area contributed by atoms with E-state index in [9.17, 15) is 4.79 Å². The Balaban J connectivity index is 0.000000236. The average molecular weight is 145 g/mol. The SMILES string of the molecule is COC.O=CC1CCCN1. The Morgan fingerprint density at radius 3 is 2.40 bits per heavy atom. The highest BCUT2D eigenvalue weighted by molar-refractivity contribution is 5.57. The van der Waals surface area contributed by atoms with Gasteiger partial charge in [0.2, 0.25) is 0 Å². The lowest BCUT2D eigenvalue weighted by Crippen LogP contribution is -2.21. The highest BCUT2D eigenvalue weighted by atomic mass is 16.4. The number of aldehydes is 1. The minimum atomic E-state index is 0.167. The molecule has 10 heavy (non-hydrogen) atoms. The van der Waals surface area contributed by atoms with Crippen LogP contribution < -0.4 is 5.32 Å². The summed E-state index contributed by atoms with van der Waals surface area (Å²) >= 11 is 0. The van der Waals surface area contributed by atoms with Gasteiger partial charge in [0.25, 0.3) is 0 Å². The molecular weight excluding hydrogens is 130 g/mol. The van der Waals surface area contributed by atoms with Crippen molar-refractivity contribution >= 4 is 6.29 Å². The molecule has 1 unspecified atom stereocenters. The molecule has 3 nitrogen and oxygen atoms in total. The van der Waals surface area contributed by atoms with E-state index in [-0.39, 0.29) is 6.04 Å². The summed E-state index contributed by atoms with van der Waals surface area (Å²) in [6.07, 6.45) is 3.17. The highest BCUT2D eigenvalue weighted by Crippen LogP contribution is 2.00. The van der Waals surface area contributed by atoms with Crippen molar-refractivity contribution in [1.82, 2.24) is 5.32 Å². The van der Waals surface area contributed by atoms with Gasteiger partial charge in [0.05, 0.1) is 6.04 Å². The first-order chi connectivity index (χ1) is 4.85. The molecule has 0 spiro atoms. The van der Waals surface area contributed by atoms with Gasteiger partial charge in [-0.3, -0.25) is 0 Å². The molecule has 1 rings (SSSR count). The fraction of sp³-hybridized carbons (Fsp3) is 0.857. The second-order valence-corrected chi connectivity index (χ2v) is 2.25. The molecule has 0 saturated carbocycles. The molecule has 60 valence electrons. The van der Waals surface area contributed by atoms with Gasteiger partial charge in [0, 0.05) is 14.2 Å². The van der Waals surface area contributed by atoms with Crippen LogP contribution in [0.5, 0.6) is 0 Å². The van der Waals surface area contributed by atoms with E-state index in [1.165, 1.54) is 0 Å². The topological polar surface area (TPSA) is 38.3 Å². The fourth-order valence-corrected chi connectivity index (χ4v) is 0.828. The third-order valence-electron chi connectivity index (χ3n) is 1.26. The summed E-state index contributed by atoms with van der Waals surface area (Å²) in [7, 11) is 3.25. The van der Waals surface area contributed by atoms with Crippen molar-refractivity contribution < 1.29 is 9.53 Å². The molecule has 1 aliphatic heterocycles. The van der Waals surface area contributed by atoms with Crippen molar-refractivity contribution in [3.8, 4) is 0 Å². The lowest BCUT2D eigenvalue weighted by atomic mass is 10.2. The number of hydrogen-bond acceptors (Lipinski definition) is 3. The first-order valence-corrected chi connectivity index (χ1v) is 3.44. The van der Waals surface area contributed by atoms with Gasteiger partial charge < -0.3 is 14.8 Å². The zero-order valence-electron chi connectivity index (χ0n) is 6.59. The molecule has 0 aliphatic carbocycles. The predicted octanol–water partition coefficient (Wildman–Crippen LogP) is 0.200. The molecule has 1 fully saturated rings. The number of methoxy groups -OCH3 is 1. The number of hydrogen-bond donors (Lipinski definition) is 1. The smallest absolute Gasteiger partial charge is 0.136 e. The van der Waals surface area contributed by atoms with Crippen LogP contribution in [0.3, 0.4) is 0 Å². The second kappa shape index (κ2) is 6.71. The van der Waals surface area contributed by atoms with Gasteiger partial charge >= 0.3 is 0 Å². The normalized spacial score (nSPS) is 23.2. The number of carbonyl (C=O) groups is 1. The van der Waals surface area contributed by atoms with Crippen molar-refractivity contribution in [2.45, 2.75) is 18.9 Å². The van der Waals surface area contributed by atoms with E-state index in [0.717, 1.165) is 25.7 Å². The Morgan fingerprint density at radius 2 is 2.20 bits per heavy atom. The van der Waals surface area contributed by atoms with Crippen molar-refractivity contribution in [1.29, 1.82) is 0 Å². The Bertz CT molecular complexity index is 79.7. The molecule has 0 aromatic rings. The maximum atomic E-state index is 9.94. The molecule has 1 heterocycles. The van der Waals surface area contributed by atoms with E-state index < -0.39 is 0 Å². The van der Waals surface area contributed by atoms with Gasteiger partial charge in [-0.15, -0.1) is 0 Å². The van der Waals surface area contributed by atoms with E-state index >= 15 is 0 Å². The van der Waals surface area contributed by atoms with Crippen LogP contribution in [0.4, 0.5) is 0 Å². The quantitative estimate of drug-likeness (QED) is 0.536. The standard InChI is InChI=1S/C5H9NO.C2H6O/c7-4-5-2-1-3-6-5;1-3-2/h4-6H,1-3H2;1-2H3. The summed E-state index contributed by atoms with van der Waals surface area (Å²) in [6.45, 7) is 1.02. The molecule has 0 radical (unpaired) electrons. The van der Waals surface area contributed by atoms with Crippen molar-refractivity contribution in [2.24, 2.45) is 0 Å². The van der Waals surface area contributed by atoms with Crippen LogP contribution >= 0.6 is 0 Å². The van der Waals surface area contributed by atoms with Crippen molar-refractivity contribution in [3.05, 3.63) is 0 Å². The summed E-state index contributed by atoms with van der Waals surface area (Å²) in [6, 6.07) is 0.167. The van der Waals surface area contributed by atoms with E-state index in [1.807, 2.05) is 0 Å². The third-order valence-corrected chi connectivity index (χ3v) is 1.26. The molecule has 1 atom stereocenters. The minimum absolute atomic E-state index is 0.167. The second-order valence-electron chi connectivity index (χ2n) is 2.25. The van der Waals surface area contributed by atoms with E-state index in [0.29, 0.717) is 0 Å². The summed E-state index contributed by atoms with van der Waals surface area (Å²) in [5.74, 6) is 0. The van der Waals surface area contributed by atoms with Gasteiger partial charge in [-0.25, -0.2) is 0 Å². The summed E-state index contributed by atoms with van der Waals surface area (Å²) in [5, 5.41) is 3.04. The fourth-order valence-electron chi connectivity index (χ4n) is 0.828. The largest absolute Gasteiger partial charge is 0.388 e. The molecule has 1 saturated heterocycles. The molecule has 0 bridgehead atoms. The van der Waals surface area contributed by atoms with Crippen LogP contribution in [-0.4, -0.2) is 33.1 Å². The number of ether oxygens (including phenoxy) is 1. The highest BCUT2D eigenvalue weighted by Gasteiger charge is 2.10. The Morgan fingerprint density at radius 1 is 1.60 bits per heavy atom. The maximum Gasteiger partial charge on any atom is 0.136 e. The lowest BCUT2D eigenvalue weighted by molar-refractivity contribution is -0.109. The van der Waals surface area contributed by atoms with Gasteiger partial charge in [0.1, 0.15) is 6.29 Å².